The molecule has 0 aliphatic carbocycles. The molecular formula is C16H14N4. The monoisotopic (exact) mass is 262 g/mol. The largest absolute Gasteiger partial charge is 0.369 e. The third-order valence-corrected chi connectivity index (χ3v) is 3.52. The van der Waals surface area contributed by atoms with Crippen LogP contribution in [0.1, 0.15) is 24.1 Å². The van der Waals surface area contributed by atoms with Crippen LogP contribution < -0.4 is 5.73 Å². The average Bonchev–Trinajstić information content (AvgIpc) is 2.82. The smallest absolute Gasteiger partial charge is 0.201 e. The molecular weight excluding hydrogens is 248 g/mol. The Hall–Kier alpha value is -2.80. The van der Waals surface area contributed by atoms with Crippen LogP contribution in [0.15, 0.2) is 48.5 Å². The predicted octanol–water partition coefficient (Wildman–Crippen LogP) is 3.10. The highest BCUT2D eigenvalue weighted by Gasteiger charge is 2.15. The standard InChI is InChI=1S/C16H14N4/c1-11(13-5-3-2-4-6-13)20-15-9-12(10-17)7-8-14(15)19-16(20)18/h2-9,11H,1H3,(H2,18,19). The molecule has 2 aromatic carbocycles. The zero-order valence-electron chi connectivity index (χ0n) is 11.1. The summed E-state index contributed by atoms with van der Waals surface area (Å²) in [4.78, 5) is 4.37. The van der Waals surface area contributed by atoms with Gasteiger partial charge in [-0.3, -0.25) is 0 Å². The van der Waals surface area contributed by atoms with Crippen LogP contribution in [0.3, 0.4) is 0 Å². The first-order valence-corrected chi connectivity index (χ1v) is 6.43. The Bertz CT molecular complexity index is 796. The van der Waals surface area contributed by atoms with E-state index in [0.29, 0.717) is 11.5 Å². The molecule has 0 amide bonds. The highest BCUT2D eigenvalue weighted by atomic mass is 15.2. The van der Waals surface area contributed by atoms with Gasteiger partial charge in [0.05, 0.1) is 28.7 Å². The first kappa shape index (κ1) is 12.2. The number of nitrogens with two attached hydrogens (primary N) is 1. The average molecular weight is 262 g/mol. The summed E-state index contributed by atoms with van der Waals surface area (Å²) in [5, 5.41) is 9.04. The molecule has 4 heteroatoms. The molecule has 3 aromatic rings. The Labute approximate surface area is 117 Å². The lowest BCUT2D eigenvalue weighted by Crippen LogP contribution is -2.10. The van der Waals surface area contributed by atoms with Crippen molar-refractivity contribution >= 4 is 17.0 Å². The fourth-order valence-electron chi connectivity index (χ4n) is 2.47. The number of hydrogen-bond acceptors (Lipinski definition) is 3. The summed E-state index contributed by atoms with van der Waals surface area (Å²) in [7, 11) is 0. The fraction of sp³-hybridized carbons (Fsp3) is 0.125. The highest BCUT2D eigenvalue weighted by Crippen LogP contribution is 2.27. The topological polar surface area (TPSA) is 67.6 Å². The van der Waals surface area contributed by atoms with Crippen molar-refractivity contribution in [3.05, 3.63) is 59.7 Å². The molecule has 1 aromatic heterocycles. The fourth-order valence-corrected chi connectivity index (χ4v) is 2.47. The van der Waals surface area contributed by atoms with Crippen LogP contribution in [0.25, 0.3) is 11.0 Å². The molecule has 2 N–H and O–H groups in total. The van der Waals surface area contributed by atoms with Crippen LogP contribution >= 0.6 is 0 Å². The van der Waals surface area contributed by atoms with E-state index in [1.165, 1.54) is 0 Å². The number of fused-ring (bicyclic) bond motifs is 1. The molecule has 0 aliphatic heterocycles. The van der Waals surface area contributed by atoms with Gasteiger partial charge >= 0.3 is 0 Å². The highest BCUT2D eigenvalue weighted by molar-refractivity contribution is 5.80. The number of aromatic nitrogens is 2. The molecule has 4 nitrogen and oxygen atoms in total. The molecule has 1 atom stereocenters. The van der Waals surface area contributed by atoms with E-state index in [4.69, 9.17) is 11.0 Å². The van der Waals surface area contributed by atoms with Crippen LogP contribution in [0.2, 0.25) is 0 Å². The minimum Gasteiger partial charge on any atom is -0.369 e. The summed E-state index contributed by atoms with van der Waals surface area (Å²) in [5.41, 5.74) is 9.51. The summed E-state index contributed by atoms with van der Waals surface area (Å²) in [6.07, 6.45) is 0. The van der Waals surface area contributed by atoms with Crippen molar-refractivity contribution in [2.45, 2.75) is 13.0 Å². The van der Waals surface area contributed by atoms with Crippen molar-refractivity contribution in [1.29, 1.82) is 5.26 Å². The molecule has 0 fully saturated rings. The SMILES string of the molecule is CC(c1ccccc1)n1c(N)nc2ccc(C#N)cc21. The molecule has 3 rings (SSSR count). The number of nitrogen functional groups attached to an aromatic ring is 1. The maximum absolute atomic E-state index is 9.04. The number of anilines is 1. The summed E-state index contributed by atoms with van der Waals surface area (Å²) in [6, 6.07) is 17.7. The number of hydrogen-bond donors (Lipinski definition) is 1. The van der Waals surface area contributed by atoms with Crippen LogP contribution in [-0.2, 0) is 0 Å². The Morgan fingerprint density at radius 3 is 2.65 bits per heavy atom. The Kier molecular flexibility index (Phi) is 2.88. The number of rotatable bonds is 2. The number of imidazole rings is 1. The van der Waals surface area contributed by atoms with Crippen LogP contribution in [0, 0.1) is 11.3 Å². The van der Waals surface area contributed by atoms with Crippen molar-refractivity contribution in [2.75, 3.05) is 5.73 Å². The van der Waals surface area contributed by atoms with Gasteiger partial charge in [0.2, 0.25) is 5.95 Å². The molecule has 98 valence electrons. The molecule has 0 saturated heterocycles. The lowest BCUT2D eigenvalue weighted by Gasteiger charge is -2.16. The van der Waals surface area contributed by atoms with Crippen LogP contribution in [0.5, 0.6) is 0 Å². The maximum atomic E-state index is 9.04. The Balaban J connectivity index is 2.20. The van der Waals surface area contributed by atoms with Gasteiger partial charge in [-0.2, -0.15) is 5.26 Å². The quantitative estimate of drug-likeness (QED) is 0.771. The second-order valence-electron chi connectivity index (χ2n) is 4.74. The van der Waals surface area contributed by atoms with Crippen molar-refractivity contribution in [3.63, 3.8) is 0 Å². The number of nitriles is 1. The second-order valence-corrected chi connectivity index (χ2v) is 4.74. The zero-order valence-corrected chi connectivity index (χ0v) is 11.1. The zero-order chi connectivity index (χ0) is 14.1. The first-order chi connectivity index (χ1) is 9.70. The molecule has 0 bridgehead atoms. The van der Waals surface area contributed by atoms with Crippen molar-refractivity contribution in [3.8, 4) is 6.07 Å². The van der Waals surface area contributed by atoms with Crippen LogP contribution in [0.4, 0.5) is 5.95 Å². The summed E-state index contributed by atoms with van der Waals surface area (Å²) in [6.45, 7) is 2.08. The molecule has 1 heterocycles. The lowest BCUT2D eigenvalue weighted by atomic mass is 10.1. The minimum atomic E-state index is 0.0649. The van der Waals surface area contributed by atoms with Crippen molar-refractivity contribution in [1.82, 2.24) is 9.55 Å². The van der Waals surface area contributed by atoms with E-state index in [9.17, 15) is 0 Å². The van der Waals surface area contributed by atoms with Gasteiger partial charge in [-0.15, -0.1) is 0 Å². The third-order valence-electron chi connectivity index (χ3n) is 3.52. The Morgan fingerprint density at radius 2 is 1.95 bits per heavy atom. The van der Waals surface area contributed by atoms with E-state index in [-0.39, 0.29) is 6.04 Å². The minimum absolute atomic E-state index is 0.0649. The molecule has 0 saturated carbocycles. The van der Waals surface area contributed by atoms with E-state index < -0.39 is 0 Å². The lowest BCUT2D eigenvalue weighted by molar-refractivity contribution is 0.668. The molecule has 0 aliphatic rings. The summed E-state index contributed by atoms with van der Waals surface area (Å²) >= 11 is 0. The van der Waals surface area contributed by atoms with Crippen LogP contribution in [-0.4, -0.2) is 9.55 Å². The molecule has 0 spiro atoms. The van der Waals surface area contributed by atoms with Crippen molar-refractivity contribution in [2.24, 2.45) is 0 Å². The van der Waals surface area contributed by atoms with Gasteiger partial charge in [0.15, 0.2) is 0 Å². The molecule has 0 radical (unpaired) electrons. The van der Waals surface area contributed by atoms with Gasteiger partial charge in [-0.25, -0.2) is 4.98 Å². The normalized spacial score (nSPS) is 12.2. The van der Waals surface area contributed by atoms with Gasteiger partial charge < -0.3 is 10.3 Å². The Morgan fingerprint density at radius 1 is 1.20 bits per heavy atom. The number of benzene rings is 2. The van der Waals surface area contributed by atoms with E-state index in [1.54, 1.807) is 6.07 Å². The van der Waals surface area contributed by atoms with Gasteiger partial charge in [0.1, 0.15) is 0 Å². The maximum Gasteiger partial charge on any atom is 0.201 e. The second kappa shape index (κ2) is 4.71. The summed E-state index contributed by atoms with van der Waals surface area (Å²) < 4.78 is 1.96. The predicted molar refractivity (Wildman–Crippen MR) is 79.1 cm³/mol. The van der Waals surface area contributed by atoms with Gasteiger partial charge in [0.25, 0.3) is 0 Å². The van der Waals surface area contributed by atoms with Gasteiger partial charge in [-0.05, 0) is 30.7 Å². The molecule has 1 unspecified atom stereocenters. The number of nitrogens with zero attached hydrogens (tertiary/aromatic N) is 3. The van der Waals surface area contributed by atoms with Crippen molar-refractivity contribution < 1.29 is 0 Å². The van der Waals surface area contributed by atoms with E-state index in [2.05, 4.69) is 30.1 Å². The van der Waals surface area contributed by atoms with E-state index in [0.717, 1.165) is 16.6 Å². The molecule has 20 heavy (non-hydrogen) atoms. The van der Waals surface area contributed by atoms with Gasteiger partial charge in [0, 0.05) is 0 Å². The van der Waals surface area contributed by atoms with E-state index in [1.807, 2.05) is 34.9 Å². The third kappa shape index (κ3) is 1.90. The van der Waals surface area contributed by atoms with Gasteiger partial charge in [-0.1, -0.05) is 30.3 Å². The first-order valence-electron chi connectivity index (χ1n) is 6.43. The summed E-state index contributed by atoms with van der Waals surface area (Å²) in [5.74, 6) is 0.464. The van der Waals surface area contributed by atoms with E-state index >= 15 is 0 Å².